The minimum absolute atomic E-state index is 0.0175. The number of urea groups is 1. The Hall–Kier alpha value is -2.55. The number of hydrogen-bond donors (Lipinski definition) is 1. The zero-order chi connectivity index (χ0) is 21.0. The molecule has 2 heterocycles. The Kier molecular flexibility index (Phi) is 6.79. The third kappa shape index (κ3) is 4.90. The van der Waals surface area contributed by atoms with E-state index in [2.05, 4.69) is 12.2 Å². The zero-order valence-electron chi connectivity index (χ0n) is 16.3. The Morgan fingerprint density at radius 1 is 1.38 bits per heavy atom. The number of anilines is 1. The molecule has 1 aromatic rings. The molecule has 1 N–H and O–H groups in total. The van der Waals surface area contributed by atoms with E-state index in [1.54, 1.807) is 4.90 Å². The first-order valence-electron chi connectivity index (χ1n) is 9.85. The second-order valence-corrected chi connectivity index (χ2v) is 7.76. The second-order valence-electron chi connectivity index (χ2n) is 7.35. The number of halogens is 1. The first kappa shape index (κ1) is 21.2. The largest absolute Gasteiger partial charge is 0.447 e. The molecule has 0 aromatic heterocycles. The van der Waals surface area contributed by atoms with Crippen LogP contribution in [0.25, 0.3) is 0 Å². The summed E-state index contributed by atoms with van der Waals surface area (Å²) in [7, 11) is 0. The number of rotatable bonds is 6. The molecule has 2 fully saturated rings. The molecule has 10 heteroatoms. The topological polar surface area (TPSA) is 105 Å². The Balaban J connectivity index is 1.56. The van der Waals surface area contributed by atoms with Crippen LogP contribution in [0.5, 0.6) is 0 Å². The SMILES string of the molecule is CCCCC1COC(=O)N1C1CCN(C(=O)Nc2ccc(Cl)c([N+](=O)[O-])c2)CC1. The number of nitro benzene ring substituents is 1. The van der Waals surface area contributed by atoms with Crippen molar-refractivity contribution in [2.45, 2.75) is 51.1 Å². The molecule has 2 aliphatic rings. The molecule has 0 aliphatic carbocycles. The van der Waals surface area contributed by atoms with Gasteiger partial charge in [0.05, 0.1) is 11.0 Å². The van der Waals surface area contributed by atoms with E-state index in [-0.39, 0.29) is 34.9 Å². The van der Waals surface area contributed by atoms with Gasteiger partial charge in [-0.1, -0.05) is 31.4 Å². The van der Waals surface area contributed by atoms with E-state index in [9.17, 15) is 19.7 Å². The first-order valence-corrected chi connectivity index (χ1v) is 10.2. The molecule has 3 amide bonds. The Labute approximate surface area is 174 Å². The third-order valence-electron chi connectivity index (χ3n) is 5.43. The number of unbranched alkanes of at least 4 members (excludes halogenated alkanes) is 1. The zero-order valence-corrected chi connectivity index (χ0v) is 17.1. The van der Waals surface area contributed by atoms with E-state index in [0.717, 1.165) is 19.3 Å². The average Bonchev–Trinajstić information content (AvgIpc) is 3.08. The lowest BCUT2D eigenvalue weighted by molar-refractivity contribution is -0.384. The number of cyclic esters (lactones) is 1. The summed E-state index contributed by atoms with van der Waals surface area (Å²) >= 11 is 5.80. The fraction of sp³-hybridized carbons (Fsp3) is 0.579. The molecule has 0 spiro atoms. The lowest BCUT2D eigenvalue weighted by Crippen LogP contribution is -2.50. The Morgan fingerprint density at radius 2 is 2.10 bits per heavy atom. The summed E-state index contributed by atoms with van der Waals surface area (Å²) in [6, 6.07) is 4.00. The summed E-state index contributed by atoms with van der Waals surface area (Å²) in [6.07, 6.45) is 4.13. The number of likely N-dealkylation sites (tertiary alicyclic amines) is 1. The van der Waals surface area contributed by atoms with Gasteiger partial charge in [0, 0.05) is 30.9 Å². The number of nitro groups is 1. The number of amides is 3. The van der Waals surface area contributed by atoms with Crippen LogP contribution in [-0.2, 0) is 4.74 Å². The van der Waals surface area contributed by atoms with Gasteiger partial charge in [-0.3, -0.25) is 15.0 Å². The molecule has 0 radical (unpaired) electrons. The maximum absolute atomic E-state index is 12.5. The number of carbonyl (C=O) groups excluding carboxylic acids is 2. The minimum atomic E-state index is -0.590. The van der Waals surface area contributed by atoms with Gasteiger partial charge >= 0.3 is 12.1 Å². The average molecular weight is 425 g/mol. The first-order chi connectivity index (χ1) is 13.9. The van der Waals surface area contributed by atoms with Gasteiger partial charge in [-0.25, -0.2) is 9.59 Å². The number of carbonyl (C=O) groups is 2. The van der Waals surface area contributed by atoms with Crippen LogP contribution >= 0.6 is 11.6 Å². The van der Waals surface area contributed by atoms with Crippen molar-refractivity contribution in [3.05, 3.63) is 33.3 Å². The number of benzene rings is 1. The van der Waals surface area contributed by atoms with Crippen LogP contribution < -0.4 is 5.32 Å². The highest BCUT2D eigenvalue weighted by Crippen LogP contribution is 2.29. The maximum Gasteiger partial charge on any atom is 0.410 e. The van der Waals surface area contributed by atoms with Crippen LogP contribution in [0.2, 0.25) is 5.02 Å². The standard InChI is InChI=1S/C19H25ClN4O5/c1-2-3-4-15-12-29-19(26)23(15)14-7-9-22(10-8-14)18(25)21-13-5-6-16(20)17(11-13)24(27)28/h5-6,11,14-15H,2-4,7-10,12H2,1H3,(H,21,25). The molecule has 29 heavy (non-hydrogen) atoms. The summed E-state index contributed by atoms with van der Waals surface area (Å²) in [5, 5.41) is 13.7. The number of piperidine rings is 1. The maximum atomic E-state index is 12.5. The van der Waals surface area contributed by atoms with Gasteiger partial charge in [0.25, 0.3) is 5.69 Å². The lowest BCUT2D eigenvalue weighted by Gasteiger charge is -2.37. The van der Waals surface area contributed by atoms with Gasteiger partial charge in [0.2, 0.25) is 0 Å². The molecular formula is C19H25ClN4O5. The summed E-state index contributed by atoms with van der Waals surface area (Å²) < 4.78 is 5.25. The molecule has 9 nitrogen and oxygen atoms in total. The van der Waals surface area contributed by atoms with Crippen molar-refractivity contribution in [1.29, 1.82) is 0 Å². The molecule has 1 unspecified atom stereocenters. The normalized spacial score (nSPS) is 19.9. The number of ether oxygens (including phenoxy) is 1. The molecule has 1 aromatic carbocycles. The van der Waals surface area contributed by atoms with Crippen molar-refractivity contribution in [2.75, 3.05) is 25.0 Å². The molecule has 0 saturated carbocycles. The highest BCUT2D eigenvalue weighted by Gasteiger charge is 2.39. The monoisotopic (exact) mass is 424 g/mol. The summed E-state index contributed by atoms with van der Waals surface area (Å²) in [5.74, 6) is 0. The summed E-state index contributed by atoms with van der Waals surface area (Å²) in [4.78, 5) is 38.6. The fourth-order valence-corrected chi connectivity index (χ4v) is 4.05. The van der Waals surface area contributed by atoms with Crippen molar-refractivity contribution < 1.29 is 19.2 Å². The third-order valence-corrected chi connectivity index (χ3v) is 5.75. The van der Waals surface area contributed by atoms with E-state index in [1.807, 2.05) is 4.90 Å². The quantitative estimate of drug-likeness (QED) is 0.542. The number of hydrogen-bond acceptors (Lipinski definition) is 5. The van der Waals surface area contributed by atoms with E-state index >= 15 is 0 Å². The van der Waals surface area contributed by atoms with Crippen molar-refractivity contribution in [2.24, 2.45) is 0 Å². The molecule has 1 atom stereocenters. The fourth-order valence-electron chi connectivity index (χ4n) is 3.86. The molecular weight excluding hydrogens is 400 g/mol. The van der Waals surface area contributed by atoms with Crippen molar-refractivity contribution >= 4 is 35.1 Å². The predicted molar refractivity (Wildman–Crippen MR) is 108 cm³/mol. The van der Waals surface area contributed by atoms with Crippen molar-refractivity contribution in [3.63, 3.8) is 0 Å². The van der Waals surface area contributed by atoms with Crippen LogP contribution in [0, 0.1) is 10.1 Å². The van der Waals surface area contributed by atoms with Crippen LogP contribution in [-0.4, -0.2) is 58.6 Å². The smallest absolute Gasteiger partial charge is 0.410 e. The second kappa shape index (κ2) is 9.30. The van der Waals surface area contributed by atoms with Gasteiger partial charge in [-0.05, 0) is 31.4 Å². The van der Waals surface area contributed by atoms with E-state index in [1.165, 1.54) is 18.2 Å². The lowest BCUT2D eigenvalue weighted by atomic mass is 10.0. The van der Waals surface area contributed by atoms with E-state index in [4.69, 9.17) is 16.3 Å². The van der Waals surface area contributed by atoms with E-state index < -0.39 is 4.92 Å². The number of nitrogens with one attached hydrogen (secondary N) is 1. The van der Waals surface area contributed by atoms with Gasteiger partial charge in [0.1, 0.15) is 11.6 Å². The van der Waals surface area contributed by atoms with Gasteiger partial charge in [-0.15, -0.1) is 0 Å². The molecule has 3 rings (SSSR count). The van der Waals surface area contributed by atoms with Crippen molar-refractivity contribution in [1.82, 2.24) is 9.80 Å². The van der Waals surface area contributed by atoms with Crippen molar-refractivity contribution in [3.8, 4) is 0 Å². The molecule has 158 valence electrons. The van der Waals surface area contributed by atoms with E-state index in [0.29, 0.717) is 38.2 Å². The van der Waals surface area contributed by atoms with Gasteiger partial charge in [0.15, 0.2) is 0 Å². The van der Waals surface area contributed by atoms with Gasteiger partial charge < -0.3 is 15.0 Å². The summed E-state index contributed by atoms with van der Waals surface area (Å²) in [6.45, 7) is 3.55. The molecule has 0 bridgehead atoms. The predicted octanol–water partition coefficient (Wildman–Crippen LogP) is 4.26. The highest BCUT2D eigenvalue weighted by molar-refractivity contribution is 6.32. The molecule has 2 aliphatic heterocycles. The Bertz CT molecular complexity index is 782. The van der Waals surface area contributed by atoms with Crippen LogP contribution in [0.4, 0.5) is 21.0 Å². The molecule has 2 saturated heterocycles. The van der Waals surface area contributed by atoms with Crippen LogP contribution in [0.1, 0.15) is 39.0 Å². The summed E-state index contributed by atoms with van der Waals surface area (Å²) in [5.41, 5.74) is 0.0600. The van der Waals surface area contributed by atoms with Crippen LogP contribution in [0.3, 0.4) is 0 Å². The number of nitrogens with zero attached hydrogens (tertiary/aromatic N) is 3. The highest BCUT2D eigenvalue weighted by atomic mass is 35.5. The van der Waals surface area contributed by atoms with Crippen LogP contribution in [0.15, 0.2) is 18.2 Å². The minimum Gasteiger partial charge on any atom is -0.447 e. The van der Waals surface area contributed by atoms with Gasteiger partial charge in [-0.2, -0.15) is 0 Å². The Morgan fingerprint density at radius 3 is 2.76 bits per heavy atom.